The molecule has 0 saturated carbocycles. The molecular weight excluding hydrogens is 1110 g/mol. The molecule has 6 saturated heterocycles. The summed E-state index contributed by atoms with van der Waals surface area (Å²) in [5, 5.41) is 1.30. The molecule has 0 amide bonds. The maximum atomic E-state index is 12.4. The van der Waals surface area contributed by atoms with Gasteiger partial charge < -0.3 is 38.4 Å². The van der Waals surface area contributed by atoms with Gasteiger partial charge in [0, 0.05) is 79.7 Å². The number of Topliss-reactive ketones (excluding diaryl/α,β-unsaturated/α-hetero) is 1. The molecule has 476 valence electrons. The fourth-order valence-corrected chi connectivity index (χ4v) is 17.5. The van der Waals surface area contributed by atoms with Crippen LogP contribution in [0.3, 0.4) is 0 Å². The van der Waals surface area contributed by atoms with Crippen LogP contribution in [-0.2, 0) is 36.0 Å². The summed E-state index contributed by atoms with van der Waals surface area (Å²) in [6, 6.07) is 54.4. The lowest BCUT2D eigenvalue weighted by atomic mass is 9.72. The van der Waals surface area contributed by atoms with E-state index < -0.39 is 0 Å². The third-order valence-corrected chi connectivity index (χ3v) is 22.9. The molecule has 6 fully saturated rings. The van der Waals surface area contributed by atoms with Gasteiger partial charge in [-0.2, -0.15) is 0 Å². The topological polar surface area (TPSA) is 71.4 Å². The Morgan fingerprint density at radius 2 is 1.09 bits per heavy atom. The molecule has 1 aromatic heterocycles. The Hall–Kier alpha value is -6.31. The Bertz CT molecular complexity index is 3510. The van der Waals surface area contributed by atoms with Crippen LogP contribution in [0.5, 0.6) is 11.5 Å². The zero-order valence-corrected chi connectivity index (χ0v) is 55.0. The van der Waals surface area contributed by atoms with Crippen LogP contribution in [0.15, 0.2) is 156 Å². The van der Waals surface area contributed by atoms with Gasteiger partial charge in [0.25, 0.3) is 0 Å². The molecular formula is C79H101N7O4. The molecule has 0 radical (unpaired) electrons. The summed E-state index contributed by atoms with van der Waals surface area (Å²) in [5.41, 5.74) is 13.4. The highest BCUT2D eigenvalue weighted by molar-refractivity contribution is 5.95. The summed E-state index contributed by atoms with van der Waals surface area (Å²) >= 11 is 0. The number of benzene rings is 6. The number of likely N-dealkylation sites (N-methyl/N-ethyl adjacent to an activating group) is 3. The second-order valence-electron chi connectivity index (χ2n) is 28.5. The van der Waals surface area contributed by atoms with Gasteiger partial charge in [-0.3, -0.25) is 14.6 Å². The van der Waals surface area contributed by atoms with Crippen molar-refractivity contribution < 1.29 is 18.7 Å². The van der Waals surface area contributed by atoms with Crippen molar-refractivity contribution in [3.8, 4) is 11.5 Å². The molecule has 0 N–H and O–H groups in total. The predicted octanol–water partition coefficient (Wildman–Crippen LogP) is 13.3. The minimum absolute atomic E-state index is 0.214. The molecule has 9 aliphatic heterocycles. The van der Waals surface area contributed by atoms with E-state index in [1.54, 1.807) is 22.3 Å². The number of nitrogens with zero attached hydrogens (tertiary/aromatic N) is 7. The molecule has 6 aromatic carbocycles. The molecule has 90 heavy (non-hydrogen) atoms. The smallest absolute Gasteiger partial charge is 0.160 e. The Labute approximate surface area is 538 Å². The molecule has 6 atom stereocenters. The van der Waals surface area contributed by atoms with Crippen molar-refractivity contribution in [1.29, 1.82) is 0 Å². The monoisotopic (exact) mass is 1210 g/mol. The lowest BCUT2D eigenvalue weighted by molar-refractivity contribution is -0.123. The number of hydrogen-bond acceptors (Lipinski definition) is 11. The number of rotatable bonds is 1. The molecule has 18 rings (SSSR count). The molecule has 11 heteroatoms. The van der Waals surface area contributed by atoms with Gasteiger partial charge in [-0.1, -0.05) is 121 Å². The number of furan rings is 1. The fraction of sp³-hybridized carbons (Fsp3) is 0.506. The van der Waals surface area contributed by atoms with Crippen molar-refractivity contribution in [2.75, 3.05) is 126 Å². The van der Waals surface area contributed by atoms with Crippen LogP contribution in [0, 0.1) is 5.92 Å². The van der Waals surface area contributed by atoms with E-state index in [0.717, 1.165) is 99.8 Å². The number of hydrogen-bond donors (Lipinski definition) is 0. The summed E-state index contributed by atoms with van der Waals surface area (Å²) in [6.07, 6.45) is 16.1. The van der Waals surface area contributed by atoms with E-state index in [1.807, 2.05) is 18.2 Å². The lowest BCUT2D eigenvalue weighted by Crippen LogP contribution is -2.55. The Kier molecular flexibility index (Phi) is 19.4. The maximum Gasteiger partial charge on any atom is 0.160 e. The molecule has 2 aliphatic carbocycles. The molecule has 11 nitrogen and oxygen atoms in total. The van der Waals surface area contributed by atoms with Crippen molar-refractivity contribution in [2.45, 2.75) is 131 Å². The van der Waals surface area contributed by atoms with Crippen molar-refractivity contribution in [1.82, 2.24) is 29.4 Å². The average Bonchev–Trinajstić information content (AvgIpc) is 1.64. The van der Waals surface area contributed by atoms with E-state index in [9.17, 15) is 4.79 Å². The first-order valence-electron chi connectivity index (χ1n) is 34.5. The van der Waals surface area contributed by atoms with E-state index in [2.05, 4.69) is 210 Å². The number of fused-ring (bicyclic) bond motifs is 14. The summed E-state index contributed by atoms with van der Waals surface area (Å²) in [4.78, 5) is 29.1. The van der Waals surface area contributed by atoms with Crippen molar-refractivity contribution in [3.05, 3.63) is 196 Å². The highest BCUT2D eigenvalue weighted by atomic mass is 16.5. The number of ketones is 1. The highest BCUT2D eigenvalue weighted by Crippen LogP contribution is 2.47. The number of likely N-dealkylation sites (tertiary alicyclic amines) is 5. The normalized spacial score (nSPS) is 26.2. The SMILES string of the molecule is CN1CCC2(CC1)C(=O)CCN2c1ccccc1.CN1CCC2(CCc3ccccc32)CC1.CN1CCC2c3ccccc3OCC21.CN1CC[C@@H]2c3ccccc3CC[C@H]2C1.CN1CC[C@@H]2c3ccccc3O[C@@H]2C1.CN1CCc2c(oc3ccccc23)C1. The standard InChI is InChI=1S/C15H20N2O.2C14H19N.2C12H15NO.C12H13NO/c1-16-11-8-15(9-12-16)14(18)7-10-17(15)13-5-3-2-4-6-13;1-15-10-8-14(9-11-15)7-6-12-4-2-3-5-13(12)14;1-15-9-8-14-12(10-15)7-6-11-4-2-3-5-13(11)14;1-13-7-6-9-10-4-2-3-5-12(10)14-8-11(9)13;2*1-13-7-6-10-9-4-2-3-5-11(9)14-12(10)8-13/h2-6H,7-12H2,1H3;2-5H,6-11H2,1H3;2-5,12,14H,6-10H2,1H3;2-5,9,11H,6-8H2,1H3;2-5,10,12H,6-8H2,1H3;2-5H,6-8H2,1H3/t;;12-,14-;;10-,12-;/m..0.1./s1. The molecule has 0 bridgehead atoms. The number of anilines is 1. The zero-order valence-electron chi connectivity index (χ0n) is 55.0. The van der Waals surface area contributed by atoms with Gasteiger partial charge in [-0.05, 0) is 227 Å². The van der Waals surface area contributed by atoms with Gasteiger partial charge >= 0.3 is 0 Å². The Balaban J connectivity index is 0.0000000993. The van der Waals surface area contributed by atoms with Gasteiger partial charge in [-0.25, -0.2) is 0 Å². The molecule has 11 aliphatic rings. The second-order valence-corrected chi connectivity index (χ2v) is 28.5. The first kappa shape index (κ1) is 62.5. The molecule has 10 heterocycles. The predicted molar refractivity (Wildman–Crippen MR) is 367 cm³/mol. The summed E-state index contributed by atoms with van der Waals surface area (Å²) in [5.74, 6) is 6.92. The van der Waals surface area contributed by atoms with Crippen LogP contribution in [0.1, 0.15) is 127 Å². The average molecular weight is 1210 g/mol. The number of para-hydroxylation sites is 4. The van der Waals surface area contributed by atoms with Crippen LogP contribution in [0.25, 0.3) is 11.0 Å². The number of ether oxygens (including phenoxy) is 2. The van der Waals surface area contributed by atoms with Gasteiger partial charge in [0.15, 0.2) is 5.78 Å². The number of carbonyl (C=O) groups is 1. The van der Waals surface area contributed by atoms with Crippen molar-refractivity contribution in [2.24, 2.45) is 5.92 Å². The van der Waals surface area contributed by atoms with E-state index >= 15 is 0 Å². The van der Waals surface area contributed by atoms with Crippen LogP contribution in [-0.4, -0.2) is 174 Å². The number of aryl methyl sites for hydroxylation is 2. The van der Waals surface area contributed by atoms with Crippen LogP contribution >= 0.6 is 0 Å². The lowest BCUT2D eigenvalue weighted by Gasteiger charge is -2.43. The Morgan fingerprint density at radius 3 is 1.87 bits per heavy atom. The number of piperidine rings is 4. The van der Waals surface area contributed by atoms with Gasteiger partial charge in [0.05, 0.1) is 12.6 Å². The maximum absolute atomic E-state index is 12.4. The zero-order chi connectivity index (χ0) is 61.8. The summed E-state index contributed by atoms with van der Waals surface area (Å²) in [6.45, 7) is 14.5. The third-order valence-electron chi connectivity index (χ3n) is 22.9. The summed E-state index contributed by atoms with van der Waals surface area (Å²) in [7, 11) is 13.1. The van der Waals surface area contributed by atoms with Crippen LogP contribution < -0.4 is 14.4 Å². The van der Waals surface area contributed by atoms with E-state index in [1.165, 1.54) is 125 Å². The van der Waals surface area contributed by atoms with E-state index in [0.29, 0.717) is 41.6 Å². The highest BCUT2D eigenvalue weighted by Gasteiger charge is 2.49. The van der Waals surface area contributed by atoms with E-state index in [4.69, 9.17) is 13.9 Å². The van der Waals surface area contributed by atoms with Gasteiger partial charge in [0.2, 0.25) is 0 Å². The minimum atomic E-state index is -0.214. The van der Waals surface area contributed by atoms with Crippen molar-refractivity contribution in [3.63, 3.8) is 0 Å². The van der Waals surface area contributed by atoms with Gasteiger partial charge in [0.1, 0.15) is 41.1 Å². The minimum Gasteiger partial charge on any atom is -0.492 e. The van der Waals surface area contributed by atoms with Crippen LogP contribution in [0.4, 0.5) is 5.69 Å². The first-order valence-corrected chi connectivity index (χ1v) is 34.5. The summed E-state index contributed by atoms with van der Waals surface area (Å²) < 4.78 is 17.5. The van der Waals surface area contributed by atoms with Gasteiger partial charge in [-0.15, -0.1) is 0 Å². The largest absolute Gasteiger partial charge is 0.492 e. The fourth-order valence-electron chi connectivity index (χ4n) is 17.5. The number of carbonyl (C=O) groups excluding carboxylic acids is 1. The van der Waals surface area contributed by atoms with Crippen molar-refractivity contribution >= 4 is 22.4 Å². The Morgan fingerprint density at radius 1 is 0.467 bits per heavy atom. The third kappa shape index (κ3) is 13.3. The molecule has 7 aromatic rings. The van der Waals surface area contributed by atoms with E-state index in [-0.39, 0.29) is 5.54 Å². The first-order chi connectivity index (χ1) is 43.9. The van der Waals surface area contributed by atoms with Crippen LogP contribution in [0.2, 0.25) is 0 Å². The quantitative estimate of drug-likeness (QED) is 0.158. The second kappa shape index (κ2) is 27.9. The molecule has 2 spiro atoms. The molecule has 2 unspecified atom stereocenters.